The monoisotopic (exact) mass is 249 g/mol. The molecule has 0 saturated heterocycles. The average Bonchev–Trinajstić information content (AvgIpc) is 2.33. The third-order valence-electron chi connectivity index (χ3n) is 3.54. The SMILES string of the molecule is CCN(CC)C(C)(C)C(=O)Cc1ccc(O)cc1. The van der Waals surface area contributed by atoms with Gasteiger partial charge in [0, 0.05) is 6.42 Å². The Balaban J connectivity index is 2.78. The van der Waals surface area contributed by atoms with Crippen molar-refractivity contribution in [1.29, 1.82) is 0 Å². The van der Waals surface area contributed by atoms with E-state index in [9.17, 15) is 9.90 Å². The van der Waals surface area contributed by atoms with Gasteiger partial charge in [-0.15, -0.1) is 0 Å². The molecule has 0 unspecified atom stereocenters. The molecule has 0 fully saturated rings. The Bertz CT molecular complexity index is 391. The largest absolute Gasteiger partial charge is 0.508 e. The minimum atomic E-state index is -0.443. The van der Waals surface area contributed by atoms with Crippen LogP contribution < -0.4 is 0 Å². The first-order valence-corrected chi connectivity index (χ1v) is 6.48. The molecule has 1 aromatic carbocycles. The molecular formula is C15H23NO2. The molecule has 0 spiro atoms. The van der Waals surface area contributed by atoms with E-state index in [-0.39, 0.29) is 11.5 Å². The number of rotatable bonds is 6. The zero-order valence-electron chi connectivity index (χ0n) is 11.7. The summed E-state index contributed by atoms with van der Waals surface area (Å²) in [5, 5.41) is 9.22. The molecule has 0 aliphatic rings. The van der Waals surface area contributed by atoms with Crippen LogP contribution in [0.1, 0.15) is 33.3 Å². The van der Waals surface area contributed by atoms with Crippen LogP contribution in [0.3, 0.4) is 0 Å². The molecule has 0 radical (unpaired) electrons. The second-order valence-corrected chi connectivity index (χ2v) is 5.00. The third kappa shape index (κ3) is 3.33. The van der Waals surface area contributed by atoms with Crippen molar-refractivity contribution in [3.8, 4) is 5.75 Å². The molecule has 3 heteroatoms. The molecule has 0 aromatic heterocycles. The number of nitrogens with zero attached hydrogens (tertiary/aromatic N) is 1. The topological polar surface area (TPSA) is 40.5 Å². The maximum absolute atomic E-state index is 12.4. The van der Waals surface area contributed by atoms with E-state index in [1.54, 1.807) is 24.3 Å². The van der Waals surface area contributed by atoms with Crippen LogP contribution in [0.2, 0.25) is 0 Å². The smallest absolute Gasteiger partial charge is 0.156 e. The highest BCUT2D eigenvalue weighted by Gasteiger charge is 2.32. The maximum Gasteiger partial charge on any atom is 0.156 e. The Morgan fingerprint density at radius 2 is 1.67 bits per heavy atom. The number of Topliss-reactive ketones (excluding diaryl/α,β-unsaturated/α-hetero) is 1. The number of hydrogen-bond acceptors (Lipinski definition) is 3. The molecule has 18 heavy (non-hydrogen) atoms. The van der Waals surface area contributed by atoms with Gasteiger partial charge in [0.05, 0.1) is 5.54 Å². The zero-order valence-corrected chi connectivity index (χ0v) is 11.7. The van der Waals surface area contributed by atoms with Crippen molar-refractivity contribution in [3.63, 3.8) is 0 Å². The molecule has 0 atom stereocenters. The summed E-state index contributed by atoms with van der Waals surface area (Å²) in [4.78, 5) is 14.5. The molecular weight excluding hydrogens is 226 g/mol. The van der Waals surface area contributed by atoms with Crippen LogP contribution in [0.25, 0.3) is 0 Å². The van der Waals surface area contributed by atoms with Crippen LogP contribution in [0.15, 0.2) is 24.3 Å². The predicted molar refractivity (Wildman–Crippen MR) is 73.8 cm³/mol. The van der Waals surface area contributed by atoms with Crippen molar-refractivity contribution in [2.45, 2.75) is 39.7 Å². The first-order chi connectivity index (χ1) is 8.41. The highest BCUT2D eigenvalue weighted by molar-refractivity contribution is 5.89. The van der Waals surface area contributed by atoms with Gasteiger partial charge in [-0.25, -0.2) is 0 Å². The zero-order chi connectivity index (χ0) is 13.8. The summed E-state index contributed by atoms with van der Waals surface area (Å²) >= 11 is 0. The highest BCUT2D eigenvalue weighted by Crippen LogP contribution is 2.19. The number of carbonyl (C=O) groups is 1. The molecule has 0 aliphatic heterocycles. The molecule has 0 amide bonds. The minimum Gasteiger partial charge on any atom is -0.508 e. The Kier molecular flexibility index (Phi) is 4.91. The van der Waals surface area contributed by atoms with Gasteiger partial charge in [0.15, 0.2) is 5.78 Å². The van der Waals surface area contributed by atoms with E-state index in [1.807, 2.05) is 13.8 Å². The maximum atomic E-state index is 12.4. The summed E-state index contributed by atoms with van der Waals surface area (Å²) in [5.41, 5.74) is 0.500. The fraction of sp³-hybridized carbons (Fsp3) is 0.533. The second kappa shape index (κ2) is 6.01. The average molecular weight is 249 g/mol. The van der Waals surface area contributed by atoms with E-state index in [0.717, 1.165) is 18.7 Å². The van der Waals surface area contributed by atoms with Crippen LogP contribution in [0.4, 0.5) is 0 Å². The standard InChI is InChI=1S/C15H23NO2/c1-5-16(6-2)15(3,4)14(18)11-12-7-9-13(17)10-8-12/h7-10,17H,5-6,11H2,1-4H3. The summed E-state index contributed by atoms with van der Waals surface area (Å²) in [6.07, 6.45) is 0.407. The lowest BCUT2D eigenvalue weighted by Gasteiger charge is -2.35. The van der Waals surface area contributed by atoms with Crippen molar-refractivity contribution < 1.29 is 9.90 Å². The molecule has 0 saturated carbocycles. The van der Waals surface area contributed by atoms with E-state index < -0.39 is 5.54 Å². The summed E-state index contributed by atoms with van der Waals surface area (Å²) in [6, 6.07) is 6.83. The lowest BCUT2D eigenvalue weighted by atomic mass is 9.91. The van der Waals surface area contributed by atoms with Gasteiger partial charge in [-0.3, -0.25) is 9.69 Å². The van der Waals surface area contributed by atoms with Gasteiger partial charge in [0.25, 0.3) is 0 Å². The second-order valence-electron chi connectivity index (χ2n) is 5.00. The van der Waals surface area contributed by atoms with Crippen molar-refractivity contribution in [1.82, 2.24) is 4.90 Å². The summed E-state index contributed by atoms with van der Waals surface area (Å²) in [6.45, 7) is 9.82. The lowest BCUT2D eigenvalue weighted by Crippen LogP contribution is -2.50. The van der Waals surface area contributed by atoms with Crippen LogP contribution in [0.5, 0.6) is 5.75 Å². The van der Waals surface area contributed by atoms with E-state index in [2.05, 4.69) is 18.7 Å². The number of hydrogen-bond donors (Lipinski definition) is 1. The number of ketones is 1. The highest BCUT2D eigenvalue weighted by atomic mass is 16.3. The Hall–Kier alpha value is -1.35. The first-order valence-electron chi connectivity index (χ1n) is 6.48. The fourth-order valence-corrected chi connectivity index (χ4v) is 2.21. The van der Waals surface area contributed by atoms with Gasteiger partial charge in [-0.05, 0) is 44.6 Å². The van der Waals surface area contributed by atoms with Crippen molar-refractivity contribution in [2.24, 2.45) is 0 Å². The van der Waals surface area contributed by atoms with E-state index >= 15 is 0 Å². The third-order valence-corrected chi connectivity index (χ3v) is 3.54. The number of phenolic OH excluding ortho intramolecular Hbond substituents is 1. The molecule has 0 bridgehead atoms. The molecule has 3 nitrogen and oxygen atoms in total. The van der Waals surface area contributed by atoms with Gasteiger partial charge >= 0.3 is 0 Å². The Labute approximate surface area is 109 Å². The molecule has 1 rings (SSSR count). The number of phenols is 1. The van der Waals surface area contributed by atoms with Crippen molar-refractivity contribution in [3.05, 3.63) is 29.8 Å². The van der Waals surface area contributed by atoms with E-state index in [4.69, 9.17) is 0 Å². The minimum absolute atomic E-state index is 0.205. The van der Waals surface area contributed by atoms with Crippen LogP contribution in [-0.4, -0.2) is 34.4 Å². The number of benzene rings is 1. The van der Waals surface area contributed by atoms with Crippen molar-refractivity contribution in [2.75, 3.05) is 13.1 Å². The molecule has 100 valence electrons. The van der Waals surface area contributed by atoms with Crippen molar-refractivity contribution >= 4 is 5.78 Å². The lowest BCUT2D eigenvalue weighted by molar-refractivity contribution is -0.128. The van der Waals surface area contributed by atoms with Gasteiger partial charge in [-0.1, -0.05) is 26.0 Å². The first kappa shape index (κ1) is 14.7. The molecule has 0 aliphatic carbocycles. The molecule has 1 aromatic rings. The number of aromatic hydroxyl groups is 1. The Morgan fingerprint density at radius 1 is 1.17 bits per heavy atom. The normalized spacial score (nSPS) is 11.8. The summed E-state index contributed by atoms with van der Waals surface area (Å²) in [5.74, 6) is 0.436. The fourth-order valence-electron chi connectivity index (χ4n) is 2.21. The summed E-state index contributed by atoms with van der Waals surface area (Å²) < 4.78 is 0. The van der Waals surface area contributed by atoms with Gasteiger partial charge in [0.2, 0.25) is 0 Å². The van der Waals surface area contributed by atoms with Crippen LogP contribution >= 0.6 is 0 Å². The van der Waals surface area contributed by atoms with E-state index in [0.29, 0.717) is 6.42 Å². The van der Waals surface area contributed by atoms with Gasteiger partial charge < -0.3 is 5.11 Å². The molecule has 1 N–H and O–H groups in total. The van der Waals surface area contributed by atoms with Gasteiger partial charge in [-0.2, -0.15) is 0 Å². The number of likely N-dealkylation sites (N-methyl/N-ethyl adjacent to an activating group) is 1. The predicted octanol–water partition coefficient (Wildman–Crippen LogP) is 2.62. The Morgan fingerprint density at radius 3 is 2.11 bits per heavy atom. The number of carbonyl (C=O) groups excluding carboxylic acids is 1. The van der Waals surface area contributed by atoms with Gasteiger partial charge in [0.1, 0.15) is 5.75 Å². The quantitative estimate of drug-likeness (QED) is 0.842. The van der Waals surface area contributed by atoms with Crippen LogP contribution in [0, 0.1) is 0 Å². The summed E-state index contributed by atoms with van der Waals surface area (Å²) in [7, 11) is 0. The van der Waals surface area contributed by atoms with E-state index in [1.165, 1.54) is 0 Å². The van der Waals surface area contributed by atoms with Crippen LogP contribution in [-0.2, 0) is 11.2 Å². The molecule has 0 heterocycles.